The molecule has 5 N–H and O–H groups in total. The number of hydrogen-bond donors (Lipinski definition) is 4. The summed E-state index contributed by atoms with van der Waals surface area (Å²) < 4.78 is 83.2. The van der Waals surface area contributed by atoms with Gasteiger partial charge in [0.15, 0.2) is 35.1 Å². The van der Waals surface area contributed by atoms with Gasteiger partial charge < -0.3 is 35.1 Å². The monoisotopic (exact) mass is 773 g/mol. The van der Waals surface area contributed by atoms with Gasteiger partial charge in [0.2, 0.25) is 0 Å². The van der Waals surface area contributed by atoms with Crippen molar-refractivity contribution in [3.8, 4) is 0 Å². The van der Waals surface area contributed by atoms with E-state index in [-0.39, 0.29) is 53.8 Å². The fourth-order valence-corrected chi connectivity index (χ4v) is 8.79. The van der Waals surface area contributed by atoms with Crippen LogP contribution in [0.25, 0.3) is 22.3 Å². The van der Waals surface area contributed by atoms with E-state index in [0.717, 1.165) is 0 Å². The number of anilines is 1. The van der Waals surface area contributed by atoms with Crippen molar-refractivity contribution in [2.75, 3.05) is 45.9 Å². The summed E-state index contributed by atoms with van der Waals surface area (Å²) in [6.07, 6.45) is -7.41. The average Bonchev–Trinajstić information content (AvgIpc) is 3.87. The van der Waals surface area contributed by atoms with Crippen molar-refractivity contribution >= 4 is 43.8 Å². The van der Waals surface area contributed by atoms with Gasteiger partial charge in [-0.15, -0.1) is 0 Å². The minimum absolute atomic E-state index is 0.0262. The Hall–Kier alpha value is -3.28. The van der Waals surface area contributed by atoms with Crippen LogP contribution in [0.5, 0.6) is 0 Å². The van der Waals surface area contributed by atoms with E-state index in [1.165, 1.54) is 35.2 Å². The topological polar surface area (TPSA) is 291 Å². The Kier molecular flexibility index (Phi) is 10.6. The largest absolute Gasteiger partial charge is 0.475 e. The van der Waals surface area contributed by atoms with Crippen LogP contribution < -0.4 is 11.3 Å². The molecule has 4 unspecified atom stereocenters. The number of aromatic nitrogens is 8. The van der Waals surface area contributed by atoms with Crippen molar-refractivity contribution in [1.29, 1.82) is 0 Å². The molecule has 2 bridgehead atoms. The summed E-state index contributed by atoms with van der Waals surface area (Å²) in [5.74, 6) is 0.334. The average molecular weight is 774 g/mol. The SMILES string of the molecule is CCCOP1(=O)OC[C@H]2O[C@@H](n3cnc4c(=O)[nH]c(C)nc43)[C@@H](OP(=O)(OCCOC)OC[C@H]3O[C@@H](n4cnc5c(N)ncnc54)C(O)[C@H]3O1)C2O. The molecule has 4 aromatic rings. The lowest BCUT2D eigenvalue weighted by atomic mass is 10.1. The van der Waals surface area contributed by atoms with Crippen LogP contribution in [0.15, 0.2) is 23.8 Å². The highest BCUT2D eigenvalue weighted by Crippen LogP contribution is 2.57. The molecule has 7 rings (SSSR count). The molecule has 284 valence electrons. The zero-order chi connectivity index (χ0) is 36.8. The van der Waals surface area contributed by atoms with E-state index >= 15 is 0 Å². The number of nitrogens with zero attached hydrogens (tertiary/aromatic N) is 7. The number of fused-ring (bicyclic) bond motifs is 5. The molecular formula is C27H37N9O14P2. The molecule has 3 aliphatic rings. The van der Waals surface area contributed by atoms with Crippen LogP contribution in [0.1, 0.15) is 31.6 Å². The number of aryl methyl sites for hydroxylation is 1. The predicted octanol–water partition coefficient (Wildman–Crippen LogP) is 0.490. The summed E-state index contributed by atoms with van der Waals surface area (Å²) in [7, 11) is -7.91. The number of rotatable bonds is 9. The third kappa shape index (κ3) is 7.05. The number of hydrogen-bond acceptors (Lipinski definition) is 20. The molecular weight excluding hydrogens is 736 g/mol. The van der Waals surface area contributed by atoms with Crippen LogP contribution >= 0.6 is 15.6 Å². The summed E-state index contributed by atoms with van der Waals surface area (Å²) >= 11 is 0. The van der Waals surface area contributed by atoms with Gasteiger partial charge in [-0.25, -0.2) is 34.0 Å². The maximum Gasteiger partial charge on any atom is 0.475 e. The summed E-state index contributed by atoms with van der Waals surface area (Å²) in [4.78, 5) is 36.0. The van der Waals surface area contributed by atoms with Gasteiger partial charge in [0.1, 0.15) is 54.3 Å². The van der Waals surface area contributed by atoms with E-state index in [1.807, 2.05) is 0 Å². The number of phosphoric acid groups is 2. The number of nitrogens with two attached hydrogens (primary N) is 1. The lowest BCUT2D eigenvalue weighted by molar-refractivity contribution is -0.0714. The molecule has 3 saturated heterocycles. The van der Waals surface area contributed by atoms with Gasteiger partial charge in [0.05, 0.1) is 45.7 Å². The van der Waals surface area contributed by atoms with Crippen molar-refractivity contribution in [3.05, 3.63) is 35.2 Å². The highest BCUT2D eigenvalue weighted by atomic mass is 31.2. The molecule has 52 heavy (non-hydrogen) atoms. The number of methoxy groups -OCH3 is 1. The van der Waals surface area contributed by atoms with Gasteiger partial charge in [-0.3, -0.25) is 41.1 Å². The first-order valence-corrected chi connectivity index (χ1v) is 19.0. The Morgan fingerprint density at radius 1 is 0.885 bits per heavy atom. The molecule has 23 nitrogen and oxygen atoms in total. The lowest BCUT2D eigenvalue weighted by Crippen LogP contribution is -2.36. The van der Waals surface area contributed by atoms with Crippen molar-refractivity contribution in [3.63, 3.8) is 0 Å². The van der Waals surface area contributed by atoms with Crippen molar-refractivity contribution in [2.24, 2.45) is 0 Å². The third-order valence-electron chi connectivity index (χ3n) is 8.39. The molecule has 0 aromatic carbocycles. The number of H-pyrrole nitrogens is 1. The Labute approximate surface area is 293 Å². The Balaban J connectivity index is 1.27. The summed E-state index contributed by atoms with van der Waals surface area (Å²) in [5.41, 5.74) is 5.87. The van der Waals surface area contributed by atoms with Crippen LogP contribution in [0.3, 0.4) is 0 Å². The van der Waals surface area contributed by atoms with E-state index in [9.17, 15) is 24.1 Å². The molecule has 7 heterocycles. The first-order valence-electron chi connectivity index (χ1n) is 16.1. The summed E-state index contributed by atoms with van der Waals surface area (Å²) in [5, 5.41) is 23.1. The van der Waals surface area contributed by atoms with Crippen LogP contribution in [-0.2, 0) is 50.5 Å². The summed E-state index contributed by atoms with van der Waals surface area (Å²) in [6.45, 7) is 1.66. The molecule has 4 aromatic heterocycles. The second-order valence-corrected chi connectivity index (χ2v) is 15.2. The first-order chi connectivity index (χ1) is 24.9. The highest BCUT2D eigenvalue weighted by molar-refractivity contribution is 7.48. The van der Waals surface area contributed by atoms with Gasteiger partial charge in [-0.2, -0.15) is 0 Å². The fraction of sp³-hybridized carbons (Fsp3) is 0.630. The minimum atomic E-state index is -4.71. The number of phosphoric ester groups is 2. The van der Waals surface area contributed by atoms with Gasteiger partial charge in [0, 0.05) is 7.11 Å². The maximum absolute atomic E-state index is 14.4. The minimum Gasteiger partial charge on any atom is -0.387 e. The molecule has 3 fully saturated rings. The zero-order valence-corrected chi connectivity index (χ0v) is 29.8. The Morgan fingerprint density at radius 2 is 1.54 bits per heavy atom. The fourth-order valence-electron chi connectivity index (χ4n) is 5.94. The van der Waals surface area contributed by atoms with Gasteiger partial charge in [-0.05, 0) is 13.3 Å². The molecule has 3 aliphatic heterocycles. The van der Waals surface area contributed by atoms with E-state index in [1.54, 1.807) is 13.8 Å². The molecule has 0 amide bonds. The van der Waals surface area contributed by atoms with Crippen LogP contribution in [-0.4, -0.2) is 126 Å². The Morgan fingerprint density at radius 3 is 2.27 bits per heavy atom. The van der Waals surface area contributed by atoms with E-state index in [0.29, 0.717) is 6.42 Å². The lowest BCUT2D eigenvalue weighted by Gasteiger charge is -2.28. The van der Waals surface area contributed by atoms with Crippen molar-refractivity contribution < 1.29 is 60.7 Å². The molecule has 0 aliphatic carbocycles. The number of nitrogens with one attached hydrogen (secondary N) is 1. The number of aliphatic hydroxyl groups is 2. The standard InChI is InChI=1S/C27H37N9O14P2/c1-4-5-43-51(40)45-8-14-18(37)21(27(47-14)36-12-32-17-24(36)33-13(2)34-25(17)39)50-52(41,44-7-6-42-3)46-9-15-20(49-51)19(38)26(48-15)35-11-31-16-22(28)29-10-30-23(16)35/h10-12,14-15,18-21,26-27,37-38H,4-9H2,1-3H3,(H2,28,29,30)(H,33,34,39)/t14-,15-,18?,19?,20+,21+,26-,27-,51?,52?/m1/s1. The Bertz CT molecular complexity index is 2060. The molecule has 0 radical (unpaired) electrons. The highest BCUT2D eigenvalue weighted by Gasteiger charge is 2.55. The number of nitrogen functional groups attached to an aromatic ring is 1. The third-order valence-corrected chi connectivity index (χ3v) is 11.3. The summed E-state index contributed by atoms with van der Waals surface area (Å²) in [6, 6.07) is 0. The van der Waals surface area contributed by atoms with Crippen LogP contribution in [0.2, 0.25) is 0 Å². The predicted molar refractivity (Wildman–Crippen MR) is 173 cm³/mol. The number of ether oxygens (including phenoxy) is 3. The molecule has 0 spiro atoms. The molecule has 0 saturated carbocycles. The number of aromatic amines is 1. The first kappa shape index (κ1) is 37.1. The smallest absolute Gasteiger partial charge is 0.387 e. The zero-order valence-electron chi connectivity index (χ0n) is 28.0. The van der Waals surface area contributed by atoms with E-state index < -0.39 is 83.5 Å². The van der Waals surface area contributed by atoms with E-state index in [2.05, 4.69) is 29.9 Å². The van der Waals surface area contributed by atoms with Crippen molar-refractivity contribution in [1.82, 2.24) is 39.0 Å². The molecule has 10 atom stereocenters. The van der Waals surface area contributed by atoms with Gasteiger partial charge >= 0.3 is 15.6 Å². The quantitative estimate of drug-likeness (QED) is 0.133. The van der Waals surface area contributed by atoms with Crippen LogP contribution in [0, 0.1) is 6.92 Å². The van der Waals surface area contributed by atoms with Crippen LogP contribution in [0.4, 0.5) is 5.82 Å². The molecule has 25 heteroatoms. The van der Waals surface area contributed by atoms with Gasteiger partial charge in [0.25, 0.3) is 5.56 Å². The van der Waals surface area contributed by atoms with Gasteiger partial charge in [-0.1, -0.05) is 6.92 Å². The number of imidazole rings is 2. The second-order valence-electron chi connectivity index (χ2n) is 12.0. The number of aliphatic hydroxyl groups excluding tert-OH is 2. The van der Waals surface area contributed by atoms with Crippen molar-refractivity contribution in [2.45, 2.75) is 69.3 Å². The van der Waals surface area contributed by atoms with E-state index in [4.69, 9.17) is 47.1 Å². The second kappa shape index (κ2) is 14.9. The normalized spacial score (nSPS) is 34.2. The maximum atomic E-state index is 14.4.